The first-order valence-electron chi connectivity index (χ1n) is 3.38. The lowest BCUT2D eigenvalue weighted by atomic mass is 10.1. The van der Waals surface area contributed by atoms with Gasteiger partial charge in [0.05, 0.1) is 0 Å². The van der Waals surface area contributed by atoms with E-state index in [0.29, 0.717) is 0 Å². The third kappa shape index (κ3) is 1.12. The van der Waals surface area contributed by atoms with Crippen LogP contribution in [0.25, 0.3) is 0 Å². The summed E-state index contributed by atoms with van der Waals surface area (Å²) in [6.07, 6.45) is 0. The number of nitrogens with one attached hydrogen (secondary N) is 1. The maximum absolute atomic E-state index is 11.2. The van der Waals surface area contributed by atoms with Gasteiger partial charge < -0.3 is 0 Å². The molecule has 3 heteroatoms. The van der Waals surface area contributed by atoms with Gasteiger partial charge in [-0.1, -0.05) is 18.2 Å². The fourth-order valence-corrected chi connectivity index (χ4v) is 1.82. The highest BCUT2D eigenvalue weighted by Gasteiger charge is 2.14. The summed E-state index contributed by atoms with van der Waals surface area (Å²) in [4.78, 5) is 11.2. The minimum Gasteiger partial charge on any atom is -0.296 e. The number of rotatable bonds is 0. The molecule has 0 fully saturated rings. The fourth-order valence-electron chi connectivity index (χ4n) is 1.10. The standard InChI is InChI=1S/C8H7NOS/c10-8-7-4-2-1-3-6(7)5-11-9-8/h1-4H,5H2,(H,9,10). The molecule has 2 rings (SSSR count). The highest BCUT2D eigenvalue weighted by atomic mass is 32.2. The van der Waals surface area contributed by atoms with Gasteiger partial charge in [-0.05, 0) is 23.6 Å². The molecule has 0 aliphatic carbocycles. The molecular weight excluding hydrogens is 158 g/mol. The average molecular weight is 165 g/mol. The predicted octanol–water partition coefficient (Wildman–Crippen LogP) is 1.58. The molecule has 1 heterocycles. The third-order valence-corrected chi connectivity index (χ3v) is 2.44. The number of hydrogen-bond acceptors (Lipinski definition) is 2. The molecule has 1 aromatic rings. The summed E-state index contributed by atoms with van der Waals surface area (Å²) in [5, 5.41) is 0. The molecule has 0 bridgehead atoms. The number of fused-ring (bicyclic) bond motifs is 1. The summed E-state index contributed by atoms with van der Waals surface area (Å²) in [5.41, 5.74) is 1.94. The minimum atomic E-state index is 0.0249. The Kier molecular flexibility index (Phi) is 1.58. The molecule has 0 spiro atoms. The van der Waals surface area contributed by atoms with Gasteiger partial charge in [-0.3, -0.25) is 9.52 Å². The van der Waals surface area contributed by atoms with Crippen molar-refractivity contribution in [3.63, 3.8) is 0 Å². The lowest BCUT2D eigenvalue weighted by Gasteiger charge is -2.14. The Morgan fingerprint density at radius 1 is 1.36 bits per heavy atom. The smallest absolute Gasteiger partial charge is 0.261 e. The van der Waals surface area contributed by atoms with Crippen molar-refractivity contribution in [1.29, 1.82) is 0 Å². The van der Waals surface area contributed by atoms with Crippen LogP contribution >= 0.6 is 11.9 Å². The van der Waals surface area contributed by atoms with Crippen molar-refractivity contribution in [3.8, 4) is 0 Å². The first-order chi connectivity index (χ1) is 5.38. The Hall–Kier alpha value is -0.960. The molecule has 0 saturated heterocycles. The average Bonchev–Trinajstić information content (AvgIpc) is 2.06. The second-order valence-corrected chi connectivity index (χ2v) is 3.16. The largest absolute Gasteiger partial charge is 0.296 e. The van der Waals surface area contributed by atoms with Gasteiger partial charge in [-0.25, -0.2) is 0 Å². The molecule has 1 aromatic carbocycles. The fraction of sp³-hybridized carbons (Fsp3) is 0.125. The van der Waals surface area contributed by atoms with Gasteiger partial charge in [0.15, 0.2) is 0 Å². The number of carbonyl (C=O) groups excluding carboxylic acids is 1. The molecule has 1 N–H and O–H groups in total. The Bertz CT molecular complexity index is 298. The van der Waals surface area contributed by atoms with E-state index in [9.17, 15) is 4.79 Å². The number of amides is 1. The maximum atomic E-state index is 11.2. The Morgan fingerprint density at radius 2 is 2.18 bits per heavy atom. The zero-order chi connectivity index (χ0) is 7.68. The topological polar surface area (TPSA) is 29.1 Å². The van der Waals surface area contributed by atoms with E-state index in [1.54, 1.807) is 0 Å². The van der Waals surface area contributed by atoms with E-state index in [2.05, 4.69) is 4.72 Å². The molecule has 1 amide bonds. The van der Waals surface area contributed by atoms with Gasteiger partial charge in [0.25, 0.3) is 5.91 Å². The van der Waals surface area contributed by atoms with E-state index in [1.165, 1.54) is 11.9 Å². The first kappa shape index (κ1) is 6.73. The Labute approximate surface area is 69.1 Å². The van der Waals surface area contributed by atoms with Gasteiger partial charge in [0.1, 0.15) is 0 Å². The predicted molar refractivity (Wildman–Crippen MR) is 45.2 cm³/mol. The van der Waals surface area contributed by atoms with E-state index in [-0.39, 0.29) is 5.91 Å². The molecule has 11 heavy (non-hydrogen) atoms. The first-order valence-corrected chi connectivity index (χ1v) is 4.36. The van der Waals surface area contributed by atoms with Crippen molar-refractivity contribution in [1.82, 2.24) is 4.72 Å². The molecule has 2 nitrogen and oxygen atoms in total. The summed E-state index contributed by atoms with van der Waals surface area (Å²) in [7, 11) is 0. The van der Waals surface area contributed by atoms with Crippen molar-refractivity contribution in [3.05, 3.63) is 35.4 Å². The van der Waals surface area contributed by atoms with Crippen LogP contribution in [0.3, 0.4) is 0 Å². The highest BCUT2D eigenvalue weighted by molar-refractivity contribution is 7.97. The molecule has 0 unspecified atom stereocenters. The summed E-state index contributed by atoms with van der Waals surface area (Å²) in [6.45, 7) is 0. The van der Waals surface area contributed by atoms with E-state index in [0.717, 1.165) is 16.9 Å². The summed E-state index contributed by atoms with van der Waals surface area (Å²) in [6, 6.07) is 7.68. The molecule has 1 aliphatic heterocycles. The summed E-state index contributed by atoms with van der Waals surface area (Å²) < 4.78 is 2.72. The van der Waals surface area contributed by atoms with E-state index < -0.39 is 0 Å². The lowest BCUT2D eigenvalue weighted by molar-refractivity contribution is 0.0982. The summed E-state index contributed by atoms with van der Waals surface area (Å²) in [5.74, 6) is 0.902. The zero-order valence-corrected chi connectivity index (χ0v) is 6.65. The Morgan fingerprint density at radius 3 is 3.00 bits per heavy atom. The van der Waals surface area contributed by atoms with Crippen LogP contribution in [0.5, 0.6) is 0 Å². The Balaban J connectivity index is 2.52. The third-order valence-electron chi connectivity index (χ3n) is 1.65. The van der Waals surface area contributed by atoms with Crippen LogP contribution in [0.2, 0.25) is 0 Å². The minimum absolute atomic E-state index is 0.0249. The van der Waals surface area contributed by atoms with Gasteiger partial charge in [0, 0.05) is 11.3 Å². The summed E-state index contributed by atoms with van der Waals surface area (Å²) >= 11 is 1.45. The lowest BCUT2D eigenvalue weighted by Crippen LogP contribution is -2.22. The quantitative estimate of drug-likeness (QED) is 0.591. The van der Waals surface area contributed by atoms with Crippen LogP contribution in [0.15, 0.2) is 24.3 Å². The molecule has 0 saturated carbocycles. The second-order valence-electron chi connectivity index (χ2n) is 2.38. The van der Waals surface area contributed by atoms with Gasteiger partial charge >= 0.3 is 0 Å². The van der Waals surface area contributed by atoms with Crippen LogP contribution < -0.4 is 4.72 Å². The molecule has 0 atom stereocenters. The van der Waals surface area contributed by atoms with Crippen molar-refractivity contribution in [2.75, 3.05) is 0 Å². The molecular formula is C8H7NOS. The molecule has 1 aliphatic rings. The van der Waals surface area contributed by atoms with Crippen molar-refractivity contribution in [2.45, 2.75) is 5.75 Å². The zero-order valence-electron chi connectivity index (χ0n) is 5.83. The second kappa shape index (κ2) is 2.58. The normalized spacial score (nSPS) is 15.5. The number of hydrogen-bond donors (Lipinski definition) is 1. The van der Waals surface area contributed by atoms with E-state index in [4.69, 9.17) is 0 Å². The van der Waals surface area contributed by atoms with Crippen molar-refractivity contribution < 1.29 is 4.79 Å². The van der Waals surface area contributed by atoms with Crippen molar-refractivity contribution >= 4 is 17.9 Å². The number of benzene rings is 1. The van der Waals surface area contributed by atoms with E-state index >= 15 is 0 Å². The van der Waals surface area contributed by atoms with Crippen LogP contribution in [0.4, 0.5) is 0 Å². The van der Waals surface area contributed by atoms with Crippen LogP contribution in [0, 0.1) is 0 Å². The number of carbonyl (C=O) groups is 1. The van der Waals surface area contributed by atoms with Gasteiger partial charge in [-0.15, -0.1) is 0 Å². The van der Waals surface area contributed by atoms with Gasteiger partial charge in [-0.2, -0.15) is 0 Å². The van der Waals surface area contributed by atoms with Crippen LogP contribution in [0.1, 0.15) is 15.9 Å². The van der Waals surface area contributed by atoms with Gasteiger partial charge in [0.2, 0.25) is 0 Å². The molecule has 56 valence electrons. The van der Waals surface area contributed by atoms with Crippen LogP contribution in [-0.2, 0) is 5.75 Å². The molecule has 0 radical (unpaired) electrons. The van der Waals surface area contributed by atoms with Crippen LogP contribution in [-0.4, -0.2) is 5.91 Å². The van der Waals surface area contributed by atoms with Crippen molar-refractivity contribution in [2.24, 2.45) is 0 Å². The SMILES string of the molecule is O=C1NSCc2ccccc21. The van der Waals surface area contributed by atoms with E-state index in [1.807, 2.05) is 24.3 Å². The molecule has 0 aromatic heterocycles. The monoisotopic (exact) mass is 165 g/mol. The highest BCUT2D eigenvalue weighted by Crippen LogP contribution is 2.19. The maximum Gasteiger partial charge on any atom is 0.261 e.